The lowest BCUT2D eigenvalue weighted by molar-refractivity contribution is 0.102. The molecule has 0 heterocycles. The van der Waals surface area contributed by atoms with Crippen molar-refractivity contribution in [1.29, 1.82) is 0 Å². The van der Waals surface area contributed by atoms with E-state index in [1.807, 2.05) is 24.3 Å². The number of nitrogen functional groups attached to an aromatic ring is 1. The summed E-state index contributed by atoms with van der Waals surface area (Å²) in [6, 6.07) is 11.4. The third-order valence-corrected chi connectivity index (χ3v) is 3.99. The van der Waals surface area contributed by atoms with Gasteiger partial charge in [-0.25, -0.2) is 0 Å². The molecule has 0 saturated carbocycles. The van der Waals surface area contributed by atoms with Crippen LogP contribution >= 0.6 is 15.9 Å². The van der Waals surface area contributed by atoms with E-state index in [1.165, 1.54) is 0 Å². The molecule has 1 amide bonds. The summed E-state index contributed by atoms with van der Waals surface area (Å²) in [5.74, 6) is -0.171. The summed E-state index contributed by atoms with van der Waals surface area (Å²) in [6.45, 7) is 4.16. The normalized spacial score (nSPS) is 10.4. The number of nitrogens with two attached hydrogens (primary N) is 1. The molecule has 0 spiro atoms. The van der Waals surface area contributed by atoms with E-state index in [9.17, 15) is 4.79 Å². The Hall–Kier alpha value is -1.81. The summed E-state index contributed by atoms with van der Waals surface area (Å²) in [4.78, 5) is 12.5. The summed E-state index contributed by atoms with van der Waals surface area (Å²) >= 11 is 3.35. The maximum atomic E-state index is 12.5. The quantitative estimate of drug-likeness (QED) is 0.805. The van der Waals surface area contributed by atoms with Crippen molar-refractivity contribution in [2.45, 2.75) is 26.7 Å². The minimum Gasteiger partial charge on any atom is -0.398 e. The molecule has 0 aliphatic heterocycles. The average molecular weight is 347 g/mol. The molecule has 0 fully saturated rings. The molecule has 0 bridgehead atoms. The number of hydrogen-bond donors (Lipinski definition) is 2. The fraction of sp³-hybridized carbons (Fsp3) is 0.235. The fourth-order valence-electron chi connectivity index (χ4n) is 2.32. The first kappa shape index (κ1) is 15.6. The lowest BCUT2D eigenvalue weighted by Crippen LogP contribution is -2.16. The number of aryl methyl sites for hydroxylation is 2. The Morgan fingerprint density at radius 2 is 1.76 bits per heavy atom. The first-order valence-corrected chi connectivity index (χ1v) is 7.83. The molecule has 21 heavy (non-hydrogen) atoms. The SMILES string of the molecule is CCc1cccc(CC)c1NC(=O)c1ccc(Br)cc1N. The Morgan fingerprint density at radius 3 is 2.29 bits per heavy atom. The minimum atomic E-state index is -0.171. The van der Waals surface area contributed by atoms with Crippen LogP contribution in [-0.4, -0.2) is 5.91 Å². The number of para-hydroxylation sites is 1. The maximum absolute atomic E-state index is 12.5. The monoisotopic (exact) mass is 346 g/mol. The van der Waals surface area contributed by atoms with Crippen LogP contribution in [0.4, 0.5) is 11.4 Å². The second kappa shape index (κ2) is 6.76. The summed E-state index contributed by atoms with van der Waals surface area (Å²) in [5, 5.41) is 3.02. The van der Waals surface area contributed by atoms with Crippen molar-refractivity contribution in [2.24, 2.45) is 0 Å². The number of rotatable bonds is 4. The maximum Gasteiger partial charge on any atom is 0.257 e. The van der Waals surface area contributed by atoms with Gasteiger partial charge in [0.1, 0.15) is 0 Å². The van der Waals surface area contributed by atoms with E-state index < -0.39 is 0 Å². The Balaban J connectivity index is 2.35. The molecule has 110 valence electrons. The molecule has 2 aromatic rings. The largest absolute Gasteiger partial charge is 0.398 e. The molecule has 0 aromatic heterocycles. The molecule has 0 aliphatic carbocycles. The molecule has 3 nitrogen and oxygen atoms in total. The zero-order valence-electron chi connectivity index (χ0n) is 12.2. The number of hydrogen-bond acceptors (Lipinski definition) is 2. The van der Waals surface area contributed by atoms with E-state index in [0.717, 1.165) is 34.1 Å². The molecule has 4 heteroatoms. The molecule has 3 N–H and O–H groups in total. The Morgan fingerprint density at radius 1 is 1.14 bits per heavy atom. The van der Waals surface area contributed by atoms with Crippen LogP contribution in [0.3, 0.4) is 0 Å². The molecule has 2 rings (SSSR count). The van der Waals surface area contributed by atoms with Gasteiger partial charge in [0.2, 0.25) is 0 Å². The van der Waals surface area contributed by atoms with E-state index in [4.69, 9.17) is 5.73 Å². The van der Waals surface area contributed by atoms with Gasteiger partial charge in [-0.2, -0.15) is 0 Å². The number of anilines is 2. The van der Waals surface area contributed by atoms with Crippen LogP contribution in [0, 0.1) is 0 Å². The van der Waals surface area contributed by atoms with Gasteiger partial charge in [0.05, 0.1) is 5.56 Å². The zero-order chi connectivity index (χ0) is 15.4. The van der Waals surface area contributed by atoms with Crippen LogP contribution in [0.25, 0.3) is 0 Å². The smallest absolute Gasteiger partial charge is 0.257 e. The molecule has 0 atom stereocenters. The van der Waals surface area contributed by atoms with Crippen molar-refractivity contribution < 1.29 is 4.79 Å². The van der Waals surface area contributed by atoms with Gasteiger partial charge in [-0.3, -0.25) is 4.79 Å². The predicted octanol–water partition coefficient (Wildman–Crippen LogP) is 4.41. The topological polar surface area (TPSA) is 55.1 Å². The Bertz CT molecular complexity index is 646. The lowest BCUT2D eigenvalue weighted by Gasteiger charge is -2.15. The van der Waals surface area contributed by atoms with Crippen molar-refractivity contribution in [2.75, 3.05) is 11.1 Å². The summed E-state index contributed by atoms with van der Waals surface area (Å²) in [7, 11) is 0. The second-order valence-corrected chi connectivity index (χ2v) is 5.76. The van der Waals surface area contributed by atoms with Crippen molar-refractivity contribution >= 4 is 33.2 Å². The number of halogens is 1. The molecular formula is C17H19BrN2O. The lowest BCUT2D eigenvalue weighted by atomic mass is 10.0. The van der Waals surface area contributed by atoms with Gasteiger partial charge in [-0.05, 0) is 42.2 Å². The molecule has 0 aliphatic rings. The highest BCUT2D eigenvalue weighted by Crippen LogP contribution is 2.25. The molecule has 0 unspecified atom stereocenters. The third-order valence-electron chi connectivity index (χ3n) is 3.50. The molecule has 2 aromatic carbocycles. The van der Waals surface area contributed by atoms with Gasteiger partial charge in [0.25, 0.3) is 5.91 Å². The van der Waals surface area contributed by atoms with E-state index >= 15 is 0 Å². The number of amides is 1. The predicted molar refractivity (Wildman–Crippen MR) is 91.7 cm³/mol. The molecule has 0 radical (unpaired) electrons. The van der Waals surface area contributed by atoms with Gasteiger partial charge >= 0.3 is 0 Å². The van der Waals surface area contributed by atoms with Crippen LogP contribution in [0.2, 0.25) is 0 Å². The highest BCUT2D eigenvalue weighted by atomic mass is 79.9. The first-order chi connectivity index (χ1) is 10.1. The highest BCUT2D eigenvalue weighted by molar-refractivity contribution is 9.10. The number of carbonyl (C=O) groups excluding carboxylic acids is 1. The van der Waals surface area contributed by atoms with Crippen LogP contribution in [0.15, 0.2) is 40.9 Å². The van der Waals surface area contributed by atoms with Gasteiger partial charge in [0, 0.05) is 15.8 Å². The van der Waals surface area contributed by atoms with E-state index in [0.29, 0.717) is 11.3 Å². The standard InChI is InChI=1S/C17H19BrN2O/c1-3-11-6-5-7-12(4-2)16(11)20-17(21)14-9-8-13(18)10-15(14)19/h5-10H,3-4,19H2,1-2H3,(H,20,21). The third kappa shape index (κ3) is 3.45. The van der Waals surface area contributed by atoms with Gasteiger partial charge in [0.15, 0.2) is 0 Å². The number of nitrogens with one attached hydrogen (secondary N) is 1. The van der Waals surface area contributed by atoms with Crippen molar-refractivity contribution in [3.8, 4) is 0 Å². The van der Waals surface area contributed by atoms with Crippen LogP contribution in [-0.2, 0) is 12.8 Å². The van der Waals surface area contributed by atoms with Crippen molar-refractivity contribution in [3.63, 3.8) is 0 Å². The van der Waals surface area contributed by atoms with Gasteiger partial charge in [-0.15, -0.1) is 0 Å². The van der Waals surface area contributed by atoms with Gasteiger partial charge in [-0.1, -0.05) is 48.0 Å². The van der Waals surface area contributed by atoms with E-state index in [2.05, 4.69) is 35.1 Å². The summed E-state index contributed by atoms with van der Waals surface area (Å²) in [5.41, 5.74) is 10.1. The van der Waals surface area contributed by atoms with Crippen molar-refractivity contribution in [1.82, 2.24) is 0 Å². The Kier molecular flexibility index (Phi) is 5.02. The Labute approximate surface area is 133 Å². The van der Waals surface area contributed by atoms with E-state index in [-0.39, 0.29) is 5.91 Å². The first-order valence-electron chi connectivity index (χ1n) is 7.04. The van der Waals surface area contributed by atoms with Crippen LogP contribution in [0.5, 0.6) is 0 Å². The fourth-order valence-corrected chi connectivity index (χ4v) is 2.70. The zero-order valence-corrected chi connectivity index (χ0v) is 13.8. The number of benzene rings is 2. The average Bonchev–Trinajstić information content (AvgIpc) is 2.47. The van der Waals surface area contributed by atoms with Crippen molar-refractivity contribution in [3.05, 3.63) is 57.6 Å². The van der Waals surface area contributed by atoms with E-state index in [1.54, 1.807) is 12.1 Å². The molecule has 0 saturated heterocycles. The highest BCUT2D eigenvalue weighted by Gasteiger charge is 2.14. The summed E-state index contributed by atoms with van der Waals surface area (Å²) in [6.07, 6.45) is 1.75. The second-order valence-electron chi connectivity index (χ2n) is 4.84. The summed E-state index contributed by atoms with van der Waals surface area (Å²) < 4.78 is 0.861. The minimum absolute atomic E-state index is 0.171. The van der Waals surface area contributed by atoms with Gasteiger partial charge < -0.3 is 11.1 Å². The number of carbonyl (C=O) groups is 1. The van der Waals surface area contributed by atoms with Crippen LogP contribution < -0.4 is 11.1 Å². The van der Waals surface area contributed by atoms with Crippen LogP contribution in [0.1, 0.15) is 35.3 Å². The molecular weight excluding hydrogens is 328 g/mol.